The number of anilines is 1. The van der Waals surface area contributed by atoms with Crippen LogP contribution in [0.15, 0.2) is 96.1 Å². The average molecular weight is 396 g/mol. The molecular weight excluding hydrogens is 376 g/mol. The van der Waals surface area contributed by atoms with Crippen LogP contribution in [0.2, 0.25) is 0 Å². The van der Waals surface area contributed by atoms with E-state index in [1.54, 1.807) is 18.3 Å². The van der Waals surface area contributed by atoms with Gasteiger partial charge in [-0.3, -0.25) is 5.43 Å². The van der Waals surface area contributed by atoms with Crippen LogP contribution in [-0.2, 0) is 6.61 Å². The summed E-state index contributed by atoms with van der Waals surface area (Å²) >= 11 is 0. The first-order chi connectivity index (χ1) is 14.7. The van der Waals surface area contributed by atoms with Crippen molar-refractivity contribution in [2.24, 2.45) is 5.10 Å². The summed E-state index contributed by atoms with van der Waals surface area (Å²) in [6.07, 6.45) is 1.70. The van der Waals surface area contributed by atoms with E-state index < -0.39 is 5.97 Å². The van der Waals surface area contributed by atoms with Crippen LogP contribution in [0.25, 0.3) is 10.8 Å². The minimum atomic E-state index is -0.978. The lowest BCUT2D eigenvalue weighted by molar-refractivity contribution is 0.0697. The first-order valence-electron chi connectivity index (χ1n) is 9.51. The number of aromatic carboxylic acids is 1. The van der Waals surface area contributed by atoms with Crippen LogP contribution < -0.4 is 10.2 Å². The highest BCUT2D eigenvalue weighted by Crippen LogP contribution is 2.27. The highest BCUT2D eigenvalue weighted by atomic mass is 16.5. The van der Waals surface area contributed by atoms with Crippen molar-refractivity contribution in [1.82, 2.24) is 0 Å². The Balaban J connectivity index is 1.61. The van der Waals surface area contributed by atoms with Gasteiger partial charge in [-0.25, -0.2) is 4.79 Å². The summed E-state index contributed by atoms with van der Waals surface area (Å²) < 4.78 is 6.09. The van der Waals surface area contributed by atoms with E-state index in [2.05, 4.69) is 10.5 Å². The third kappa shape index (κ3) is 4.47. The molecule has 30 heavy (non-hydrogen) atoms. The van der Waals surface area contributed by atoms with Gasteiger partial charge in [0.2, 0.25) is 0 Å². The van der Waals surface area contributed by atoms with E-state index in [1.807, 2.05) is 66.7 Å². The van der Waals surface area contributed by atoms with Crippen LogP contribution in [0, 0.1) is 0 Å². The standard InChI is InChI=1S/C25H20N2O3/c28-25(29)20-10-6-11-21(15-20)27-26-16-23-22-12-5-4-9-19(22)13-14-24(23)30-17-18-7-2-1-3-8-18/h1-16,27H,17H2,(H,28,29). The number of carboxylic acid groups (broad SMARTS) is 1. The molecule has 0 aliphatic rings. The molecular formula is C25H20N2O3. The number of nitrogens with zero attached hydrogens (tertiary/aromatic N) is 1. The Kier molecular flexibility index (Phi) is 5.71. The average Bonchev–Trinajstić information content (AvgIpc) is 2.79. The number of fused-ring (bicyclic) bond motifs is 1. The van der Waals surface area contributed by atoms with Gasteiger partial charge in [0.15, 0.2) is 0 Å². The molecule has 0 bridgehead atoms. The molecule has 4 rings (SSSR count). The Hall–Kier alpha value is -4.12. The van der Waals surface area contributed by atoms with Crippen molar-refractivity contribution < 1.29 is 14.6 Å². The van der Waals surface area contributed by atoms with Gasteiger partial charge in [-0.05, 0) is 40.6 Å². The summed E-state index contributed by atoms with van der Waals surface area (Å²) in [5.74, 6) is -0.254. The molecule has 0 aliphatic carbocycles. The molecule has 0 fully saturated rings. The number of nitrogens with one attached hydrogen (secondary N) is 1. The summed E-state index contributed by atoms with van der Waals surface area (Å²) in [4.78, 5) is 11.1. The SMILES string of the molecule is O=C(O)c1cccc(NN=Cc2c(OCc3ccccc3)ccc3ccccc23)c1. The van der Waals surface area contributed by atoms with E-state index in [0.717, 1.165) is 27.6 Å². The van der Waals surface area contributed by atoms with E-state index in [1.165, 1.54) is 12.1 Å². The molecule has 0 saturated carbocycles. The Labute approximate surface area is 174 Å². The zero-order valence-electron chi connectivity index (χ0n) is 16.2. The van der Waals surface area contributed by atoms with Crippen molar-refractivity contribution in [2.75, 3.05) is 5.43 Å². The minimum Gasteiger partial charge on any atom is -0.488 e. The Morgan fingerprint density at radius 2 is 1.73 bits per heavy atom. The second kappa shape index (κ2) is 8.92. The van der Waals surface area contributed by atoms with E-state index in [4.69, 9.17) is 9.84 Å². The fourth-order valence-corrected chi connectivity index (χ4v) is 3.16. The number of rotatable bonds is 7. The molecule has 0 atom stereocenters. The first-order valence-corrected chi connectivity index (χ1v) is 9.51. The van der Waals surface area contributed by atoms with E-state index in [-0.39, 0.29) is 5.56 Å². The minimum absolute atomic E-state index is 0.201. The molecule has 0 aliphatic heterocycles. The third-order valence-electron chi connectivity index (χ3n) is 4.66. The van der Waals surface area contributed by atoms with Crippen LogP contribution in [0.3, 0.4) is 0 Å². The predicted molar refractivity (Wildman–Crippen MR) is 119 cm³/mol. The van der Waals surface area contributed by atoms with Crippen LogP contribution >= 0.6 is 0 Å². The summed E-state index contributed by atoms with van der Waals surface area (Å²) in [5, 5.41) is 15.6. The van der Waals surface area contributed by atoms with Gasteiger partial charge in [0.05, 0.1) is 17.5 Å². The van der Waals surface area contributed by atoms with E-state index in [0.29, 0.717) is 12.3 Å². The summed E-state index contributed by atoms with van der Waals surface area (Å²) in [6, 6.07) is 28.5. The molecule has 0 aromatic heterocycles. The summed E-state index contributed by atoms with van der Waals surface area (Å²) in [5.41, 5.74) is 5.63. The number of hydrogen-bond donors (Lipinski definition) is 2. The molecule has 2 N–H and O–H groups in total. The number of hydrazone groups is 1. The lowest BCUT2D eigenvalue weighted by Crippen LogP contribution is -2.00. The summed E-state index contributed by atoms with van der Waals surface area (Å²) in [6.45, 7) is 0.452. The van der Waals surface area contributed by atoms with Crippen molar-refractivity contribution in [2.45, 2.75) is 6.61 Å². The molecule has 0 unspecified atom stereocenters. The van der Waals surface area contributed by atoms with Gasteiger partial charge >= 0.3 is 5.97 Å². The zero-order chi connectivity index (χ0) is 20.8. The molecule has 4 aromatic carbocycles. The molecule has 4 aromatic rings. The lowest BCUT2D eigenvalue weighted by atomic mass is 10.0. The van der Waals surface area contributed by atoms with Crippen molar-refractivity contribution in [3.8, 4) is 5.75 Å². The van der Waals surface area contributed by atoms with Crippen molar-refractivity contribution in [3.63, 3.8) is 0 Å². The Morgan fingerprint density at radius 3 is 2.57 bits per heavy atom. The van der Waals surface area contributed by atoms with Gasteiger partial charge in [-0.15, -0.1) is 0 Å². The van der Waals surface area contributed by atoms with Gasteiger partial charge in [0.1, 0.15) is 12.4 Å². The molecule has 0 amide bonds. The summed E-state index contributed by atoms with van der Waals surface area (Å²) in [7, 11) is 0. The molecule has 0 radical (unpaired) electrons. The number of benzene rings is 4. The van der Waals surface area contributed by atoms with Crippen LogP contribution in [-0.4, -0.2) is 17.3 Å². The van der Waals surface area contributed by atoms with Gasteiger partial charge in [0, 0.05) is 5.56 Å². The lowest BCUT2D eigenvalue weighted by Gasteiger charge is -2.12. The molecule has 148 valence electrons. The van der Waals surface area contributed by atoms with E-state index >= 15 is 0 Å². The molecule has 0 heterocycles. The number of carboxylic acids is 1. The van der Waals surface area contributed by atoms with Crippen molar-refractivity contribution in [1.29, 1.82) is 0 Å². The fourth-order valence-electron chi connectivity index (χ4n) is 3.16. The molecule has 0 saturated heterocycles. The fraction of sp³-hybridized carbons (Fsp3) is 0.0400. The molecule has 0 spiro atoms. The first kappa shape index (κ1) is 19.2. The zero-order valence-corrected chi connectivity index (χ0v) is 16.2. The van der Waals surface area contributed by atoms with Crippen LogP contribution in [0.4, 0.5) is 5.69 Å². The van der Waals surface area contributed by atoms with Gasteiger partial charge in [0.25, 0.3) is 0 Å². The largest absolute Gasteiger partial charge is 0.488 e. The number of carbonyl (C=O) groups is 1. The van der Waals surface area contributed by atoms with Gasteiger partial charge in [-0.1, -0.05) is 66.7 Å². The van der Waals surface area contributed by atoms with Crippen molar-refractivity contribution in [3.05, 3.63) is 108 Å². The molecule has 5 heteroatoms. The van der Waals surface area contributed by atoms with Gasteiger partial charge < -0.3 is 9.84 Å². The Bertz CT molecular complexity index is 1200. The second-order valence-electron chi connectivity index (χ2n) is 6.73. The van der Waals surface area contributed by atoms with E-state index in [9.17, 15) is 4.79 Å². The maximum absolute atomic E-state index is 11.1. The Morgan fingerprint density at radius 1 is 0.933 bits per heavy atom. The highest BCUT2D eigenvalue weighted by Gasteiger charge is 2.08. The predicted octanol–water partition coefficient (Wildman–Crippen LogP) is 5.56. The topological polar surface area (TPSA) is 70.9 Å². The smallest absolute Gasteiger partial charge is 0.335 e. The number of ether oxygens (including phenoxy) is 1. The van der Waals surface area contributed by atoms with Gasteiger partial charge in [-0.2, -0.15) is 5.10 Å². The third-order valence-corrected chi connectivity index (χ3v) is 4.66. The quantitative estimate of drug-likeness (QED) is 0.317. The van der Waals surface area contributed by atoms with Crippen molar-refractivity contribution >= 4 is 28.6 Å². The maximum atomic E-state index is 11.1. The molecule has 5 nitrogen and oxygen atoms in total. The van der Waals surface area contributed by atoms with Crippen LogP contribution in [0.5, 0.6) is 5.75 Å². The van der Waals surface area contributed by atoms with Crippen LogP contribution in [0.1, 0.15) is 21.5 Å². The number of hydrogen-bond acceptors (Lipinski definition) is 4. The maximum Gasteiger partial charge on any atom is 0.335 e. The second-order valence-corrected chi connectivity index (χ2v) is 6.73. The normalized spacial score (nSPS) is 10.9. The highest BCUT2D eigenvalue weighted by molar-refractivity contribution is 6.02. The monoisotopic (exact) mass is 396 g/mol.